The lowest BCUT2D eigenvalue weighted by atomic mass is 10.00. The average molecular weight is 340 g/mol. The highest BCUT2D eigenvalue weighted by atomic mass is 32.2. The largest absolute Gasteiger partial charge is 0.506 e. The van der Waals surface area contributed by atoms with E-state index in [1.54, 1.807) is 36.5 Å². The van der Waals surface area contributed by atoms with E-state index < -0.39 is 9.84 Å². The zero-order valence-electron chi connectivity index (χ0n) is 13.3. The van der Waals surface area contributed by atoms with E-state index in [2.05, 4.69) is 9.97 Å². The number of sulfone groups is 1. The highest BCUT2D eigenvalue weighted by Crippen LogP contribution is 2.33. The Kier molecular flexibility index (Phi) is 4.07. The molecule has 0 saturated heterocycles. The van der Waals surface area contributed by atoms with Crippen molar-refractivity contribution < 1.29 is 13.5 Å². The first-order valence-electron chi connectivity index (χ1n) is 7.27. The zero-order valence-corrected chi connectivity index (χ0v) is 14.1. The summed E-state index contributed by atoms with van der Waals surface area (Å²) < 4.78 is 23.2. The molecule has 0 spiro atoms. The van der Waals surface area contributed by atoms with Crippen molar-refractivity contribution >= 4 is 9.84 Å². The van der Waals surface area contributed by atoms with Crippen LogP contribution in [0.2, 0.25) is 0 Å². The molecule has 6 heteroatoms. The fraction of sp³-hybridized carbons (Fsp3) is 0.111. The van der Waals surface area contributed by atoms with Crippen molar-refractivity contribution in [2.24, 2.45) is 0 Å². The third kappa shape index (κ3) is 3.28. The minimum atomic E-state index is -3.25. The van der Waals surface area contributed by atoms with Crippen LogP contribution >= 0.6 is 0 Å². The van der Waals surface area contributed by atoms with Gasteiger partial charge in [0, 0.05) is 29.3 Å². The van der Waals surface area contributed by atoms with Gasteiger partial charge in [-0.25, -0.2) is 8.42 Å². The van der Waals surface area contributed by atoms with E-state index in [1.165, 1.54) is 12.5 Å². The molecule has 2 aromatic heterocycles. The zero-order chi connectivity index (χ0) is 17.3. The van der Waals surface area contributed by atoms with Gasteiger partial charge in [0.25, 0.3) is 0 Å². The monoisotopic (exact) mass is 340 g/mol. The van der Waals surface area contributed by atoms with Crippen molar-refractivity contribution in [3.8, 4) is 28.1 Å². The number of hydrogen-bond donors (Lipinski definition) is 1. The van der Waals surface area contributed by atoms with Gasteiger partial charge in [-0.3, -0.25) is 9.97 Å². The van der Waals surface area contributed by atoms with Crippen LogP contribution in [0.5, 0.6) is 5.75 Å². The SMILES string of the molecule is Cc1ccc(-c2ncc(O)cc2-c2ccc(S(C)(=O)=O)cc2)cn1. The van der Waals surface area contributed by atoms with Crippen molar-refractivity contribution in [2.45, 2.75) is 11.8 Å². The number of nitrogens with zero attached hydrogens (tertiary/aromatic N) is 2. The number of aromatic nitrogens is 2. The third-order valence-electron chi connectivity index (χ3n) is 3.65. The van der Waals surface area contributed by atoms with Gasteiger partial charge in [0.2, 0.25) is 0 Å². The first-order valence-corrected chi connectivity index (χ1v) is 9.16. The van der Waals surface area contributed by atoms with Gasteiger partial charge in [0.15, 0.2) is 9.84 Å². The molecule has 0 bridgehead atoms. The smallest absolute Gasteiger partial charge is 0.175 e. The van der Waals surface area contributed by atoms with Crippen LogP contribution in [-0.2, 0) is 9.84 Å². The van der Waals surface area contributed by atoms with E-state index in [-0.39, 0.29) is 10.6 Å². The first-order chi connectivity index (χ1) is 11.3. The van der Waals surface area contributed by atoms with Crippen LogP contribution in [0.3, 0.4) is 0 Å². The Labute approximate surface area is 140 Å². The molecular weight excluding hydrogens is 324 g/mol. The summed E-state index contributed by atoms with van der Waals surface area (Å²) in [4.78, 5) is 8.84. The molecule has 0 amide bonds. The summed E-state index contributed by atoms with van der Waals surface area (Å²) >= 11 is 0. The van der Waals surface area contributed by atoms with E-state index in [0.29, 0.717) is 11.3 Å². The second-order valence-electron chi connectivity index (χ2n) is 5.57. The molecule has 0 radical (unpaired) electrons. The minimum Gasteiger partial charge on any atom is -0.506 e. The van der Waals surface area contributed by atoms with Crippen molar-refractivity contribution in [3.63, 3.8) is 0 Å². The van der Waals surface area contributed by atoms with Gasteiger partial charge in [0.1, 0.15) is 5.75 Å². The second-order valence-corrected chi connectivity index (χ2v) is 7.59. The molecule has 0 unspecified atom stereocenters. The lowest BCUT2D eigenvalue weighted by Gasteiger charge is -2.10. The van der Waals surface area contributed by atoms with Gasteiger partial charge in [0.05, 0.1) is 16.8 Å². The van der Waals surface area contributed by atoms with Crippen molar-refractivity contribution in [2.75, 3.05) is 6.26 Å². The summed E-state index contributed by atoms with van der Waals surface area (Å²) in [5.41, 5.74) is 3.87. The Morgan fingerprint density at radius 3 is 2.17 bits per heavy atom. The summed E-state index contributed by atoms with van der Waals surface area (Å²) in [5.74, 6) is 0.0426. The fourth-order valence-corrected chi connectivity index (χ4v) is 3.02. The van der Waals surface area contributed by atoms with Crippen LogP contribution in [0.1, 0.15) is 5.69 Å². The minimum absolute atomic E-state index is 0.0426. The van der Waals surface area contributed by atoms with Crippen LogP contribution in [0, 0.1) is 6.92 Å². The second kappa shape index (κ2) is 6.05. The van der Waals surface area contributed by atoms with Gasteiger partial charge >= 0.3 is 0 Å². The highest BCUT2D eigenvalue weighted by Gasteiger charge is 2.12. The predicted octanol–water partition coefficient (Wildman–Crippen LogP) is 3.23. The highest BCUT2D eigenvalue weighted by molar-refractivity contribution is 7.90. The molecule has 0 atom stereocenters. The number of aromatic hydroxyl groups is 1. The predicted molar refractivity (Wildman–Crippen MR) is 92.4 cm³/mol. The molecule has 3 rings (SSSR count). The summed E-state index contributed by atoms with van der Waals surface area (Å²) in [7, 11) is -3.25. The molecule has 0 aliphatic carbocycles. The standard InChI is InChI=1S/C18H16N2O3S/c1-12-3-4-14(10-19-12)18-17(9-15(21)11-20-18)13-5-7-16(8-6-13)24(2,22)23/h3-11,21H,1-2H3. The summed E-state index contributed by atoms with van der Waals surface area (Å²) in [6.45, 7) is 1.90. The average Bonchev–Trinajstić information content (AvgIpc) is 2.55. The topological polar surface area (TPSA) is 80.2 Å². The van der Waals surface area contributed by atoms with Crippen LogP contribution in [0.25, 0.3) is 22.4 Å². The number of pyridine rings is 2. The van der Waals surface area contributed by atoms with Gasteiger partial charge in [-0.1, -0.05) is 12.1 Å². The van der Waals surface area contributed by atoms with Crippen molar-refractivity contribution in [1.29, 1.82) is 0 Å². The summed E-state index contributed by atoms with van der Waals surface area (Å²) in [5, 5.41) is 9.80. The number of benzene rings is 1. The fourth-order valence-electron chi connectivity index (χ4n) is 2.39. The number of rotatable bonds is 3. The maximum Gasteiger partial charge on any atom is 0.175 e. The Morgan fingerprint density at radius 1 is 0.917 bits per heavy atom. The molecule has 3 aromatic rings. The van der Waals surface area contributed by atoms with E-state index >= 15 is 0 Å². The van der Waals surface area contributed by atoms with Crippen LogP contribution in [0.15, 0.2) is 59.8 Å². The number of hydrogen-bond acceptors (Lipinski definition) is 5. The van der Waals surface area contributed by atoms with E-state index in [4.69, 9.17) is 0 Å². The van der Waals surface area contributed by atoms with Gasteiger partial charge < -0.3 is 5.11 Å². The molecular formula is C18H16N2O3S. The molecule has 122 valence electrons. The first kappa shape index (κ1) is 16.1. The molecule has 2 heterocycles. The maximum absolute atomic E-state index is 11.6. The molecule has 24 heavy (non-hydrogen) atoms. The Bertz CT molecular complexity index is 980. The van der Waals surface area contributed by atoms with Gasteiger partial charge in [-0.05, 0) is 42.8 Å². The maximum atomic E-state index is 11.6. The lowest BCUT2D eigenvalue weighted by Crippen LogP contribution is -1.96. The molecule has 1 aromatic carbocycles. The van der Waals surface area contributed by atoms with E-state index in [0.717, 1.165) is 16.8 Å². The van der Waals surface area contributed by atoms with Crippen LogP contribution in [0.4, 0.5) is 0 Å². The molecule has 0 aliphatic heterocycles. The lowest BCUT2D eigenvalue weighted by molar-refractivity contribution is 0.473. The molecule has 0 aliphatic rings. The van der Waals surface area contributed by atoms with Crippen LogP contribution in [-0.4, -0.2) is 29.7 Å². The normalized spacial score (nSPS) is 11.4. The Morgan fingerprint density at radius 2 is 1.58 bits per heavy atom. The van der Waals surface area contributed by atoms with E-state index in [1.807, 2.05) is 19.1 Å². The Hall–Kier alpha value is -2.73. The number of aryl methyl sites for hydroxylation is 1. The van der Waals surface area contributed by atoms with Crippen molar-refractivity contribution in [3.05, 3.63) is 60.6 Å². The van der Waals surface area contributed by atoms with E-state index in [9.17, 15) is 13.5 Å². The molecule has 0 saturated carbocycles. The Balaban J connectivity index is 2.13. The summed E-state index contributed by atoms with van der Waals surface area (Å²) in [6, 6.07) is 11.9. The molecule has 0 fully saturated rings. The van der Waals surface area contributed by atoms with Gasteiger partial charge in [-0.15, -0.1) is 0 Å². The molecule has 1 N–H and O–H groups in total. The third-order valence-corrected chi connectivity index (χ3v) is 4.78. The van der Waals surface area contributed by atoms with Crippen LogP contribution < -0.4 is 0 Å². The summed E-state index contributed by atoms with van der Waals surface area (Å²) in [6.07, 6.45) is 4.27. The molecule has 5 nitrogen and oxygen atoms in total. The van der Waals surface area contributed by atoms with Crippen molar-refractivity contribution in [1.82, 2.24) is 9.97 Å². The van der Waals surface area contributed by atoms with Gasteiger partial charge in [-0.2, -0.15) is 0 Å². The quantitative estimate of drug-likeness (QED) is 0.792.